The van der Waals surface area contributed by atoms with Gasteiger partial charge < -0.3 is 14.6 Å². The van der Waals surface area contributed by atoms with E-state index in [9.17, 15) is 5.11 Å². The monoisotopic (exact) mass is 288 g/mol. The van der Waals surface area contributed by atoms with Gasteiger partial charge in [0.1, 0.15) is 0 Å². The van der Waals surface area contributed by atoms with E-state index in [1.807, 2.05) is 11.8 Å². The first-order valence-corrected chi connectivity index (χ1v) is 8.89. The minimum atomic E-state index is -0.216. The van der Waals surface area contributed by atoms with Gasteiger partial charge in [-0.2, -0.15) is 11.8 Å². The molecule has 2 unspecified atom stereocenters. The van der Waals surface area contributed by atoms with Crippen LogP contribution < -0.4 is 0 Å². The highest BCUT2D eigenvalue weighted by Crippen LogP contribution is 2.41. The Labute approximate surface area is 121 Å². The molecule has 0 bridgehead atoms. The zero-order chi connectivity index (χ0) is 13.6. The van der Waals surface area contributed by atoms with Crippen molar-refractivity contribution < 1.29 is 14.6 Å². The van der Waals surface area contributed by atoms with Gasteiger partial charge in [0.05, 0.1) is 11.7 Å². The van der Waals surface area contributed by atoms with Gasteiger partial charge in [0, 0.05) is 19.8 Å². The van der Waals surface area contributed by atoms with Crippen molar-refractivity contribution in [1.29, 1.82) is 0 Å². The van der Waals surface area contributed by atoms with Crippen LogP contribution in [-0.4, -0.2) is 48.1 Å². The molecule has 2 rings (SSSR count). The van der Waals surface area contributed by atoms with Crippen molar-refractivity contribution in [3.05, 3.63) is 0 Å². The summed E-state index contributed by atoms with van der Waals surface area (Å²) < 4.78 is 11.6. The first-order valence-electron chi connectivity index (χ1n) is 7.73. The van der Waals surface area contributed by atoms with Crippen LogP contribution in [0.1, 0.15) is 45.4 Å². The molecule has 2 saturated heterocycles. The second kappa shape index (κ2) is 7.87. The minimum Gasteiger partial charge on any atom is -0.393 e. The molecule has 4 heteroatoms. The third kappa shape index (κ3) is 4.62. The summed E-state index contributed by atoms with van der Waals surface area (Å²) >= 11 is 2.03. The van der Waals surface area contributed by atoms with Gasteiger partial charge in [-0.05, 0) is 55.9 Å². The summed E-state index contributed by atoms with van der Waals surface area (Å²) in [5.74, 6) is 2.83. The predicted molar refractivity (Wildman–Crippen MR) is 79.7 cm³/mol. The van der Waals surface area contributed by atoms with Crippen LogP contribution in [0.25, 0.3) is 0 Å². The van der Waals surface area contributed by atoms with Gasteiger partial charge in [0.25, 0.3) is 0 Å². The van der Waals surface area contributed by atoms with Crippen LogP contribution in [-0.2, 0) is 9.47 Å². The molecule has 2 aliphatic rings. The predicted octanol–water partition coefficient (Wildman–Crippen LogP) is 2.86. The van der Waals surface area contributed by atoms with Crippen LogP contribution in [0.5, 0.6) is 0 Å². The zero-order valence-corrected chi connectivity index (χ0v) is 12.9. The number of hydrogen-bond donors (Lipinski definition) is 1. The zero-order valence-electron chi connectivity index (χ0n) is 12.1. The molecule has 0 saturated carbocycles. The molecule has 0 aliphatic carbocycles. The maximum absolute atomic E-state index is 10.3. The minimum absolute atomic E-state index is 0.0828. The lowest BCUT2D eigenvalue weighted by Crippen LogP contribution is -2.45. The Balaban J connectivity index is 1.76. The number of ether oxygens (including phenoxy) is 2. The SMILES string of the molecule is CCCOCCC(O)C1CCOC2(CCSCC2)C1. The van der Waals surface area contributed by atoms with E-state index >= 15 is 0 Å². The van der Waals surface area contributed by atoms with Crippen LogP contribution in [0.3, 0.4) is 0 Å². The molecular formula is C15H28O3S. The first-order chi connectivity index (χ1) is 9.26. The standard InChI is InChI=1S/C15H28O3S/c1-2-7-17-8-4-14(16)13-3-9-18-15(12-13)5-10-19-11-6-15/h13-14,16H,2-12H2,1H3. The Morgan fingerprint density at radius 3 is 2.89 bits per heavy atom. The molecule has 0 aromatic heterocycles. The highest BCUT2D eigenvalue weighted by molar-refractivity contribution is 7.99. The summed E-state index contributed by atoms with van der Waals surface area (Å²) in [5.41, 5.74) is 0.0828. The van der Waals surface area contributed by atoms with Crippen LogP contribution >= 0.6 is 11.8 Å². The van der Waals surface area contributed by atoms with Gasteiger partial charge in [-0.1, -0.05) is 6.92 Å². The summed E-state index contributed by atoms with van der Waals surface area (Å²) in [7, 11) is 0. The fraction of sp³-hybridized carbons (Fsp3) is 1.00. The lowest BCUT2D eigenvalue weighted by atomic mass is 9.79. The van der Waals surface area contributed by atoms with Gasteiger partial charge in [-0.15, -0.1) is 0 Å². The molecule has 2 fully saturated rings. The van der Waals surface area contributed by atoms with Crippen molar-refractivity contribution >= 4 is 11.8 Å². The van der Waals surface area contributed by atoms with E-state index in [4.69, 9.17) is 9.47 Å². The summed E-state index contributed by atoms with van der Waals surface area (Å²) in [6, 6.07) is 0. The van der Waals surface area contributed by atoms with E-state index in [0.717, 1.165) is 51.7 Å². The molecule has 112 valence electrons. The lowest BCUT2D eigenvalue weighted by Gasteiger charge is -2.44. The highest BCUT2D eigenvalue weighted by Gasteiger charge is 2.40. The largest absolute Gasteiger partial charge is 0.393 e. The Bertz CT molecular complexity index is 248. The third-order valence-corrected chi connectivity index (χ3v) is 5.37. The first kappa shape index (κ1) is 15.6. The van der Waals surface area contributed by atoms with Gasteiger partial charge in [-0.3, -0.25) is 0 Å². The highest BCUT2D eigenvalue weighted by atomic mass is 32.2. The molecule has 2 heterocycles. The van der Waals surface area contributed by atoms with E-state index in [1.165, 1.54) is 11.5 Å². The van der Waals surface area contributed by atoms with E-state index in [-0.39, 0.29) is 11.7 Å². The van der Waals surface area contributed by atoms with E-state index < -0.39 is 0 Å². The van der Waals surface area contributed by atoms with Gasteiger partial charge in [-0.25, -0.2) is 0 Å². The van der Waals surface area contributed by atoms with E-state index in [0.29, 0.717) is 12.5 Å². The molecule has 1 N–H and O–H groups in total. The van der Waals surface area contributed by atoms with E-state index in [2.05, 4.69) is 6.92 Å². The van der Waals surface area contributed by atoms with Crippen molar-refractivity contribution in [2.75, 3.05) is 31.3 Å². The van der Waals surface area contributed by atoms with Crippen LogP contribution in [0.15, 0.2) is 0 Å². The summed E-state index contributed by atoms with van der Waals surface area (Å²) in [5, 5.41) is 10.3. The maximum atomic E-state index is 10.3. The smallest absolute Gasteiger partial charge is 0.0701 e. The molecule has 1 spiro atoms. The molecule has 0 aromatic rings. The lowest BCUT2D eigenvalue weighted by molar-refractivity contribution is -0.122. The van der Waals surface area contributed by atoms with Gasteiger partial charge in [0.15, 0.2) is 0 Å². The normalized spacial score (nSPS) is 28.4. The summed E-state index contributed by atoms with van der Waals surface area (Å²) in [4.78, 5) is 0. The molecule has 2 aliphatic heterocycles. The third-order valence-electron chi connectivity index (χ3n) is 4.39. The number of aliphatic hydroxyl groups excluding tert-OH is 1. The number of rotatable bonds is 6. The van der Waals surface area contributed by atoms with Crippen LogP contribution in [0, 0.1) is 5.92 Å². The van der Waals surface area contributed by atoms with Crippen molar-refractivity contribution in [3.8, 4) is 0 Å². The topological polar surface area (TPSA) is 38.7 Å². The number of aliphatic hydroxyl groups is 1. The number of hydrogen-bond acceptors (Lipinski definition) is 4. The Hall–Kier alpha value is 0.230. The van der Waals surface area contributed by atoms with Crippen LogP contribution in [0.4, 0.5) is 0 Å². The van der Waals surface area contributed by atoms with Crippen molar-refractivity contribution in [3.63, 3.8) is 0 Å². The second-order valence-electron chi connectivity index (χ2n) is 5.87. The van der Waals surface area contributed by atoms with E-state index in [1.54, 1.807) is 0 Å². The van der Waals surface area contributed by atoms with Crippen LogP contribution in [0.2, 0.25) is 0 Å². The Morgan fingerprint density at radius 2 is 2.16 bits per heavy atom. The van der Waals surface area contributed by atoms with Crippen molar-refractivity contribution in [2.45, 2.75) is 57.2 Å². The Kier molecular flexibility index (Phi) is 6.46. The molecule has 2 atom stereocenters. The summed E-state index contributed by atoms with van der Waals surface area (Å²) in [6.45, 7) is 4.43. The Morgan fingerprint density at radius 1 is 1.37 bits per heavy atom. The fourth-order valence-electron chi connectivity index (χ4n) is 3.17. The van der Waals surface area contributed by atoms with Gasteiger partial charge >= 0.3 is 0 Å². The number of thioether (sulfide) groups is 1. The average Bonchev–Trinajstić information content (AvgIpc) is 2.44. The fourth-order valence-corrected chi connectivity index (χ4v) is 4.41. The quantitative estimate of drug-likeness (QED) is 0.763. The molecular weight excluding hydrogens is 260 g/mol. The molecule has 19 heavy (non-hydrogen) atoms. The molecule has 0 amide bonds. The maximum Gasteiger partial charge on any atom is 0.0701 e. The molecule has 0 aromatic carbocycles. The van der Waals surface area contributed by atoms with Crippen molar-refractivity contribution in [1.82, 2.24) is 0 Å². The summed E-state index contributed by atoms with van der Waals surface area (Å²) in [6.07, 6.45) is 5.98. The van der Waals surface area contributed by atoms with Gasteiger partial charge in [0.2, 0.25) is 0 Å². The van der Waals surface area contributed by atoms with Crippen molar-refractivity contribution in [2.24, 2.45) is 5.92 Å². The molecule has 3 nitrogen and oxygen atoms in total. The second-order valence-corrected chi connectivity index (χ2v) is 7.09. The molecule has 0 radical (unpaired) electrons. The average molecular weight is 288 g/mol.